The van der Waals surface area contributed by atoms with Gasteiger partial charge in [-0.15, -0.1) is 0 Å². The maximum absolute atomic E-state index is 13.5. The first-order valence-corrected chi connectivity index (χ1v) is 16.7. The number of hydrogen-bond donors (Lipinski definition) is 8. The van der Waals surface area contributed by atoms with E-state index >= 15 is 0 Å². The third-order valence-corrected chi connectivity index (χ3v) is 8.25. The number of aromatic nitrogens is 2. The van der Waals surface area contributed by atoms with E-state index < -0.39 is 55.0 Å². The quantitative estimate of drug-likeness (QED) is 0.0405. The number of amides is 3. The molecule has 1 unspecified atom stereocenters. The van der Waals surface area contributed by atoms with Crippen LogP contribution in [0.5, 0.6) is 0 Å². The van der Waals surface area contributed by atoms with Crippen molar-refractivity contribution in [1.82, 2.24) is 30.8 Å². The molecule has 0 aliphatic carbocycles. The van der Waals surface area contributed by atoms with E-state index in [9.17, 15) is 34.0 Å². The van der Waals surface area contributed by atoms with Gasteiger partial charge in [-0.3, -0.25) is 28.8 Å². The molecule has 1 heterocycles. The van der Waals surface area contributed by atoms with Crippen molar-refractivity contribution < 1.29 is 53.5 Å². The van der Waals surface area contributed by atoms with Crippen LogP contribution in [0.1, 0.15) is 42.7 Å². The summed E-state index contributed by atoms with van der Waals surface area (Å²) in [6.07, 6.45) is 3.49. The van der Waals surface area contributed by atoms with Gasteiger partial charge in [0.25, 0.3) is 11.2 Å². The highest BCUT2D eigenvalue weighted by atomic mass is 31.2. The van der Waals surface area contributed by atoms with Gasteiger partial charge in [-0.1, -0.05) is 44.2 Å². The van der Waals surface area contributed by atoms with Crippen molar-refractivity contribution in [3.05, 3.63) is 60.2 Å². The molecule has 1 aromatic heterocycles. The summed E-state index contributed by atoms with van der Waals surface area (Å²) in [5, 5.41) is 32.7. The van der Waals surface area contributed by atoms with Gasteiger partial charge in [0.1, 0.15) is 11.7 Å². The Morgan fingerprint density at radius 1 is 1.06 bits per heavy atom. The molecule has 1 radical (unpaired) electrons. The van der Waals surface area contributed by atoms with Gasteiger partial charge in [-0.2, -0.15) is 0 Å². The number of benzene rings is 1. The van der Waals surface area contributed by atoms with E-state index in [0.29, 0.717) is 6.42 Å². The molecule has 2 rings (SSSR count). The fourth-order valence-electron chi connectivity index (χ4n) is 4.43. The molecule has 3 atom stereocenters. The number of aliphatic carboxylic acids is 1. The van der Waals surface area contributed by atoms with Crippen molar-refractivity contribution in [2.75, 3.05) is 39.4 Å². The van der Waals surface area contributed by atoms with Gasteiger partial charge >= 0.3 is 21.0 Å². The highest BCUT2D eigenvalue weighted by Crippen LogP contribution is 2.50. The van der Waals surface area contributed by atoms with Crippen LogP contribution in [0.4, 0.5) is 0 Å². The monoisotopic (exact) mass is 693 g/mol. The summed E-state index contributed by atoms with van der Waals surface area (Å²) in [6, 6.07) is 8.26. The van der Waals surface area contributed by atoms with Crippen LogP contribution in [0.2, 0.25) is 0 Å². The number of carbonyl (C=O) groups excluding carboxylic acids is 3. The molecular weight excluding hydrogens is 650 g/mol. The van der Waals surface area contributed by atoms with Crippen LogP contribution in [-0.2, 0) is 30.0 Å². The van der Waals surface area contributed by atoms with Crippen LogP contribution >= 0.6 is 7.60 Å². The summed E-state index contributed by atoms with van der Waals surface area (Å²) in [6.45, 7) is 4.33. The molecule has 1 aromatic carbocycles. The Hall–Kier alpha value is -3.77. The number of aliphatic hydroxyl groups excluding tert-OH is 1. The van der Waals surface area contributed by atoms with Crippen molar-refractivity contribution in [2.45, 2.75) is 50.4 Å². The minimum Gasteiger partial charge on any atom is -0.479 e. The van der Waals surface area contributed by atoms with Gasteiger partial charge in [0.2, 0.25) is 11.8 Å². The third kappa shape index (κ3) is 13.8. The van der Waals surface area contributed by atoms with Crippen LogP contribution in [0.25, 0.3) is 0 Å². The zero-order valence-electron chi connectivity index (χ0n) is 26.8. The standard InChI is InChI=1S/C29H43BN6O11P/c1-20(2)16-24(35-26(39)22(17-21-6-4-3-5-7-21)34-27(40)23-19-31-8-9-32-23)30-47-15-13-36(12-14-37)11-10-33-25(38)18-29(43,28(41)42)48(44,45)46/h3-9,19-20,22,24,37,43H,10-18H2,1-2H3,(H,33,38)(H,34,40)(H,35,39)(H,41,42)(H2,44,45,46)/t22-,24-,29?/m1/s1. The lowest BCUT2D eigenvalue weighted by atomic mass is 9.81. The van der Waals surface area contributed by atoms with E-state index in [1.807, 2.05) is 44.2 Å². The lowest BCUT2D eigenvalue weighted by Gasteiger charge is -2.25. The minimum atomic E-state index is -5.56. The van der Waals surface area contributed by atoms with Gasteiger partial charge in [0, 0.05) is 57.5 Å². The van der Waals surface area contributed by atoms with Gasteiger partial charge in [-0.25, -0.2) is 9.78 Å². The first-order chi connectivity index (χ1) is 22.7. The SMILES string of the molecule is CC(C)C[C@H]([B]OCCN(CCO)CCNC(=O)CC(O)(C(=O)O)P(=O)(O)O)NC(=O)[C@@H](Cc1ccccc1)NC(=O)c1cnccn1. The second-order valence-corrected chi connectivity index (χ2v) is 13.1. The maximum atomic E-state index is 13.5. The number of hydrogen-bond acceptors (Lipinski definition) is 11. The van der Waals surface area contributed by atoms with Gasteiger partial charge < -0.3 is 45.7 Å². The normalized spacial score (nSPS) is 14.1. The van der Waals surface area contributed by atoms with Crippen molar-refractivity contribution in [3.8, 4) is 0 Å². The summed E-state index contributed by atoms with van der Waals surface area (Å²) < 4.78 is 17.1. The first kappa shape index (κ1) is 40.4. The number of nitrogens with zero attached hydrogens (tertiary/aromatic N) is 3. The Labute approximate surface area is 278 Å². The second-order valence-electron chi connectivity index (χ2n) is 11.3. The molecule has 263 valence electrons. The molecule has 2 aromatic rings. The fourth-order valence-corrected chi connectivity index (χ4v) is 5.03. The molecular formula is C29H43BN6O11P. The van der Waals surface area contributed by atoms with Crippen molar-refractivity contribution >= 4 is 38.8 Å². The van der Waals surface area contributed by atoms with Gasteiger partial charge in [-0.05, 0) is 17.9 Å². The smallest absolute Gasteiger partial charge is 0.369 e. The van der Waals surface area contributed by atoms with Crippen LogP contribution in [0.3, 0.4) is 0 Å². The molecule has 17 nitrogen and oxygen atoms in total. The molecule has 8 N–H and O–H groups in total. The Morgan fingerprint density at radius 3 is 2.35 bits per heavy atom. The van der Waals surface area contributed by atoms with E-state index in [1.54, 1.807) is 4.90 Å². The van der Waals surface area contributed by atoms with Crippen molar-refractivity contribution in [2.24, 2.45) is 5.92 Å². The summed E-state index contributed by atoms with van der Waals surface area (Å²) in [5.41, 5.74) is 0.893. The average Bonchev–Trinajstić information content (AvgIpc) is 3.02. The zero-order valence-corrected chi connectivity index (χ0v) is 27.7. The molecule has 0 aliphatic heterocycles. The van der Waals surface area contributed by atoms with Crippen LogP contribution in [0.15, 0.2) is 48.9 Å². The second kappa shape index (κ2) is 19.9. The van der Waals surface area contributed by atoms with E-state index in [0.717, 1.165) is 5.56 Å². The molecule has 0 saturated carbocycles. The molecule has 48 heavy (non-hydrogen) atoms. The summed E-state index contributed by atoms with van der Waals surface area (Å²) in [7, 11) is -4.08. The van der Waals surface area contributed by atoms with Crippen molar-refractivity contribution in [1.29, 1.82) is 0 Å². The molecule has 0 fully saturated rings. The van der Waals surface area contributed by atoms with E-state index in [-0.39, 0.29) is 57.4 Å². The summed E-state index contributed by atoms with van der Waals surface area (Å²) >= 11 is 0. The minimum absolute atomic E-state index is 0.0619. The van der Waals surface area contributed by atoms with E-state index in [2.05, 4.69) is 25.9 Å². The molecule has 0 aliphatic rings. The van der Waals surface area contributed by atoms with Crippen LogP contribution in [-0.4, -0.2) is 128 Å². The van der Waals surface area contributed by atoms with E-state index in [4.69, 9.17) is 19.5 Å². The zero-order chi connectivity index (χ0) is 35.7. The third-order valence-electron chi connectivity index (χ3n) is 6.94. The molecule has 0 saturated heterocycles. The fraction of sp³-hybridized carbons (Fsp3) is 0.517. The summed E-state index contributed by atoms with van der Waals surface area (Å²) in [4.78, 5) is 77.5. The Balaban J connectivity index is 1.95. The van der Waals surface area contributed by atoms with Crippen LogP contribution < -0.4 is 16.0 Å². The van der Waals surface area contributed by atoms with E-state index in [1.165, 1.54) is 26.1 Å². The summed E-state index contributed by atoms with van der Waals surface area (Å²) in [5.74, 6) is -4.69. The maximum Gasteiger partial charge on any atom is 0.369 e. The van der Waals surface area contributed by atoms with Gasteiger partial charge in [0.05, 0.1) is 19.2 Å². The lowest BCUT2D eigenvalue weighted by Crippen LogP contribution is -2.52. The Kier molecular flexibility index (Phi) is 16.8. The first-order valence-electron chi connectivity index (χ1n) is 15.1. The van der Waals surface area contributed by atoms with Gasteiger partial charge in [0.15, 0.2) is 0 Å². The average molecular weight is 693 g/mol. The number of carboxylic acid groups (broad SMARTS) is 1. The Bertz CT molecular complexity index is 1370. The molecule has 19 heteroatoms. The number of aliphatic hydroxyl groups is 2. The number of rotatable bonds is 22. The molecule has 0 bridgehead atoms. The highest BCUT2D eigenvalue weighted by molar-refractivity contribution is 7.54. The number of carbonyl (C=O) groups is 4. The number of carboxylic acids is 1. The van der Waals surface area contributed by atoms with Crippen LogP contribution in [0, 0.1) is 5.92 Å². The highest BCUT2D eigenvalue weighted by Gasteiger charge is 2.54. The molecule has 3 amide bonds. The van der Waals surface area contributed by atoms with Crippen molar-refractivity contribution in [3.63, 3.8) is 0 Å². The molecule has 0 spiro atoms. The predicted octanol–water partition coefficient (Wildman–Crippen LogP) is -1.31. The topological polar surface area (TPSA) is 261 Å². The Morgan fingerprint density at radius 2 is 1.77 bits per heavy atom. The predicted molar refractivity (Wildman–Crippen MR) is 172 cm³/mol. The lowest BCUT2D eigenvalue weighted by molar-refractivity contribution is -0.154. The number of nitrogens with one attached hydrogen (secondary N) is 3. The largest absolute Gasteiger partial charge is 0.479 e.